The molecule has 1 aliphatic rings. The van der Waals surface area contributed by atoms with E-state index in [9.17, 15) is 14.4 Å². The minimum Gasteiger partial charge on any atom is -0.481 e. The highest BCUT2D eigenvalue weighted by Gasteiger charge is 2.43. The molecule has 0 bridgehead atoms. The summed E-state index contributed by atoms with van der Waals surface area (Å²) in [7, 11) is 1.17. The summed E-state index contributed by atoms with van der Waals surface area (Å²) in [4.78, 5) is 34.1. The van der Waals surface area contributed by atoms with Crippen molar-refractivity contribution in [2.45, 2.75) is 26.7 Å². The number of carbonyl (C=O) groups is 3. The average Bonchev–Trinajstić information content (AvgIpc) is 2.23. The van der Waals surface area contributed by atoms with Crippen LogP contribution in [0.1, 0.15) is 26.7 Å². The van der Waals surface area contributed by atoms with Crippen LogP contribution < -0.4 is 0 Å². The van der Waals surface area contributed by atoms with Gasteiger partial charge < -0.3 is 9.84 Å². The molecule has 0 saturated carbocycles. The van der Waals surface area contributed by atoms with Gasteiger partial charge in [0.25, 0.3) is 0 Å². The fraction of sp³-hybridized carbons (Fsp3) is 0.545. The first-order valence-corrected chi connectivity index (χ1v) is 4.91. The summed E-state index contributed by atoms with van der Waals surface area (Å²) in [5, 5.41) is 9.13. The van der Waals surface area contributed by atoms with Crippen LogP contribution in [0.3, 0.4) is 0 Å². The van der Waals surface area contributed by atoms with E-state index in [-0.39, 0.29) is 29.8 Å². The SMILES string of the molecule is COC(=O)C1=C(C)[C@](C)(C(=O)O)CCC1=O. The Morgan fingerprint density at radius 2 is 2.00 bits per heavy atom. The molecule has 1 aliphatic carbocycles. The molecule has 1 atom stereocenters. The molecule has 0 aromatic heterocycles. The maximum atomic E-state index is 11.6. The van der Waals surface area contributed by atoms with Gasteiger partial charge in [0, 0.05) is 6.42 Å². The van der Waals surface area contributed by atoms with E-state index in [4.69, 9.17) is 5.11 Å². The van der Waals surface area contributed by atoms with Crippen molar-refractivity contribution in [3.63, 3.8) is 0 Å². The van der Waals surface area contributed by atoms with E-state index in [1.807, 2.05) is 0 Å². The van der Waals surface area contributed by atoms with Gasteiger partial charge in [0.1, 0.15) is 5.57 Å². The predicted molar refractivity (Wildman–Crippen MR) is 54.7 cm³/mol. The fourth-order valence-electron chi connectivity index (χ4n) is 1.80. The molecule has 0 spiro atoms. The quantitative estimate of drug-likeness (QED) is 0.559. The molecule has 0 aromatic rings. The second kappa shape index (κ2) is 4.08. The third kappa shape index (κ3) is 1.73. The second-order valence-corrected chi connectivity index (χ2v) is 4.05. The van der Waals surface area contributed by atoms with Gasteiger partial charge in [0.2, 0.25) is 0 Å². The van der Waals surface area contributed by atoms with Crippen molar-refractivity contribution in [2.75, 3.05) is 7.11 Å². The molecule has 0 heterocycles. The number of rotatable bonds is 2. The van der Waals surface area contributed by atoms with Crippen LogP contribution in [0.4, 0.5) is 0 Å². The van der Waals surface area contributed by atoms with E-state index in [0.29, 0.717) is 0 Å². The van der Waals surface area contributed by atoms with Gasteiger partial charge in [-0.25, -0.2) is 4.79 Å². The van der Waals surface area contributed by atoms with Gasteiger partial charge in [-0.1, -0.05) is 0 Å². The molecule has 16 heavy (non-hydrogen) atoms. The number of aliphatic carboxylic acids is 1. The number of carboxylic acids is 1. The second-order valence-electron chi connectivity index (χ2n) is 4.05. The third-order valence-corrected chi connectivity index (χ3v) is 3.20. The zero-order valence-electron chi connectivity index (χ0n) is 9.49. The molecule has 0 radical (unpaired) electrons. The van der Waals surface area contributed by atoms with Crippen LogP contribution in [0.25, 0.3) is 0 Å². The Morgan fingerprint density at radius 1 is 1.44 bits per heavy atom. The van der Waals surface area contributed by atoms with Crippen LogP contribution in [0.5, 0.6) is 0 Å². The standard InChI is InChI=1S/C11H14O5/c1-6-8(9(13)16-3)7(12)4-5-11(6,2)10(14)15/h4-5H2,1-3H3,(H,14,15)/t11-/m1/s1. The van der Waals surface area contributed by atoms with E-state index >= 15 is 0 Å². The lowest BCUT2D eigenvalue weighted by atomic mass is 9.71. The molecular formula is C11H14O5. The molecule has 0 saturated heterocycles. The minimum absolute atomic E-state index is 0.0601. The number of Topliss-reactive ketones (excluding diaryl/α,β-unsaturated/α-hetero) is 1. The maximum absolute atomic E-state index is 11.6. The number of methoxy groups -OCH3 is 1. The summed E-state index contributed by atoms with van der Waals surface area (Å²) in [6, 6.07) is 0. The molecule has 1 N–H and O–H groups in total. The van der Waals surface area contributed by atoms with Crippen molar-refractivity contribution in [3.8, 4) is 0 Å². The molecule has 0 aromatic carbocycles. The van der Waals surface area contributed by atoms with E-state index < -0.39 is 17.4 Å². The molecule has 1 rings (SSSR count). The number of ketones is 1. The van der Waals surface area contributed by atoms with Crippen LogP contribution >= 0.6 is 0 Å². The Kier molecular flexibility index (Phi) is 3.16. The van der Waals surface area contributed by atoms with Gasteiger partial charge in [0.05, 0.1) is 12.5 Å². The number of esters is 1. The predicted octanol–water partition coefficient (Wildman–Crippen LogP) is 0.930. The van der Waals surface area contributed by atoms with Gasteiger partial charge in [-0.05, 0) is 25.8 Å². The van der Waals surface area contributed by atoms with E-state index in [0.717, 1.165) is 0 Å². The van der Waals surface area contributed by atoms with E-state index in [2.05, 4.69) is 4.74 Å². The van der Waals surface area contributed by atoms with Gasteiger partial charge in [0.15, 0.2) is 5.78 Å². The highest BCUT2D eigenvalue weighted by atomic mass is 16.5. The largest absolute Gasteiger partial charge is 0.481 e. The van der Waals surface area contributed by atoms with Crippen molar-refractivity contribution in [2.24, 2.45) is 5.41 Å². The van der Waals surface area contributed by atoms with Gasteiger partial charge in [-0.3, -0.25) is 9.59 Å². The molecule has 5 nitrogen and oxygen atoms in total. The highest BCUT2D eigenvalue weighted by Crippen LogP contribution is 2.39. The van der Waals surface area contributed by atoms with Gasteiger partial charge in [-0.2, -0.15) is 0 Å². The summed E-state index contributed by atoms with van der Waals surface area (Å²) in [5.74, 6) is -2.13. The topological polar surface area (TPSA) is 80.7 Å². The molecule has 0 aliphatic heterocycles. The van der Waals surface area contributed by atoms with Crippen molar-refractivity contribution >= 4 is 17.7 Å². The zero-order valence-corrected chi connectivity index (χ0v) is 9.49. The van der Waals surface area contributed by atoms with Crippen LogP contribution in [0.2, 0.25) is 0 Å². The Morgan fingerprint density at radius 3 is 2.44 bits per heavy atom. The molecule has 5 heteroatoms. The molecule has 88 valence electrons. The average molecular weight is 226 g/mol. The number of ether oxygens (including phenoxy) is 1. The first-order valence-electron chi connectivity index (χ1n) is 4.91. The lowest BCUT2D eigenvalue weighted by Crippen LogP contribution is -2.36. The molecule has 0 fully saturated rings. The molecular weight excluding hydrogens is 212 g/mol. The van der Waals surface area contributed by atoms with Crippen LogP contribution in [-0.4, -0.2) is 29.9 Å². The van der Waals surface area contributed by atoms with E-state index in [1.54, 1.807) is 0 Å². The summed E-state index contributed by atoms with van der Waals surface area (Å²) < 4.78 is 4.49. The maximum Gasteiger partial charge on any atom is 0.341 e. The Labute approximate surface area is 93.1 Å². The summed E-state index contributed by atoms with van der Waals surface area (Å²) >= 11 is 0. The first kappa shape index (κ1) is 12.4. The molecule has 0 amide bonds. The number of carboxylic acid groups (broad SMARTS) is 1. The van der Waals surface area contributed by atoms with Crippen molar-refractivity contribution in [3.05, 3.63) is 11.1 Å². The number of carbonyl (C=O) groups excluding carboxylic acids is 2. The van der Waals surface area contributed by atoms with Crippen LogP contribution in [0.15, 0.2) is 11.1 Å². The monoisotopic (exact) mass is 226 g/mol. The van der Waals surface area contributed by atoms with Crippen molar-refractivity contribution in [1.82, 2.24) is 0 Å². The van der Waals surface area contributed by atoms with Crippen LogP contribution in [0, 0.1) is 5.41 Å². The van der Waals surface area contributed by atoms with Crippen molar-refractivity contribution < 1.29 is 24.2 Å². The number of hydrogen-bond donors (Lipinski definition) is 1. The van der Waals surface area contributed by atoms with Gasteiger partial charge in [-0.15, -0.1) is 0 Å². The normalized spacial score (nSPS) is 25.6. The summed E-state index contributed by atoms with van der Waals surface area (Å²) in [5.41, 5.74) is -0.987. The minimum atomic E-state index is -1.16. The van der Waals surface area contributed by atoms with Crippen LogP contribution in [-0.2, 0) is 19.1 Å². The third-order valence-electron chi connectivity index (χ3n) is 3.20. The zero-order chi connectivity index (χ0) is 12.5. The first-order chi connectivity index (χ1) is 7.34. The Balaban J connectivity index is 3.33. The highest BCUT2D eigenvalue weighted by molar-refractivity contribution is 6.19. The smallest absolute Gasteiger partial charge is 0.341 e. The Bertz CT molecular complexity index is 393. The fourth-order valence-corrected chi connectivity index (χ4v) is 1.80. The lowest BCUT2D eigenvalue weighted by Gasteiger charge is -2.31. The summed E-state index contributed by atoms with van der Waals surface area (Å²) in [6.07, 6.45) is 0.276. The van der Waals surface area contributed by atoms with Gasteiger partial charge >= 0.3 is 11.9 Å². The van der Waals surface area contributed by atoms with E-state index in [1.165, 1.54) is 21.0 Å². The lowest BCUT2D eigenvalue weighted by molar-refractivity contribution is -0.147. The Hall–Kier alpha value is -1.65. The summed E-state index contributed by atoms with van der Waals surface area (Å²) in [6.45, 7) is 3.01. The van der Waals surface area contributed by atoms with Crippen molar-refractivity contribution in [1.29, 1.82) is 0 Å². The number of hydrogen-bond acceptors (Lipinski definition) is 4. The molecule has 0 unspecified atom stereocenters.